The Labute approximate surface area is 60.4 Å². The van der Waals surface area contributed by atoms with Crippen molar-refractivity contribution in [2.45, 2.75) is 6.42 Å². The van der Waals surface area contributed by atoms with Crippen molar-refractivity contribution in [3.8, 4) is 0 Å². The lowest BCUT2D eigenvalue weighted by Gasteiger charge is -1.99. The maximum absolute atomic E-state index is 10.3. The highest BCUT2D eigenvalue weighted by atomic mass is 32.2. The van der Waals surface area contributed by atoms with E-state index in [2.05, 4.69) is 0 Å². The lowest BCUT2D eigenvalue weighted by atomic mass is 10.1. The van der Waals surface area contributed by atoms with E-state index in [-0.39, 0.29) is 0 Å². The van der Waals surface area contributed by atoms with Crippen molar-refractivity contribution in [1.29, 1.82) is 0 Å². The highest BCUT2D eigenvalue weighted by Gasteiger charge is 1.99. The van der Waals surface area contributed by atoms with E-state index in [1.165, 1.54) is 6.08 Å². The Morgan fingerprint density at radius 3 is 2.60 bits per heavy atom. The Hall–Kier alpha value is -1.03. The van der Waals surface area contributed by atoms with Gasteiger partial charge >= 0.3 is 0 Å². The first kappa shape index (κ1) is 7.08. The fraction of sp³-hybridized carbons (Fsp3) is 0.167. The Kier molecular flexibility index (Phi) is 1.91. The van der Waals surface area contributed by atoms with Crippen molar-refractivity contribution in [2.75, 3.05) is 0 Å². The van der Waals surface area contributed by atoms with Crippen molar-refractivity contribution in [2.24, 2.45) is 5.73 Å². The molecular formula is C6H7NO2S. The second kappa shape index (κ2) is 2.70. The molecule has 0 atom stereocenters. The van der Waals surface area contributed by atoms with E-state index in [9.17, 15) is 8.42 Å². The van der Waals surface area contributed by atoms with E-state index in [0.717, 1.165) is 0 Å². The van der Waals surface area contributed by atoms with Crippen LogP contribution >= 0.6 is 0 Å². The summed E-state index contributed by atoms with van der Waals surface area (Å²) >= 11 is 0. The molecule has 3 nitrogen and oxygen atoms in total. The molecule has 0 aromatic heterocycles. The van der Waals surface area contributed by atoms with Crippen LogP contribution in [0.2, 0.25) is 0 Å². The predicted octanol–water partition coefficient (Wildman–Crippen LogP) is -0.160. The molecule has 10 heavy (non-hydrogen) atoms. The third-order valence-electron chi connectivity index (χ3n) is 1.17. The highest BCUT2D eigenvalue weighted by Crippen LogP contribution is 2.01. The van der Waals surface area contributed by atoms with Crippen LogP contribution < -0.4 is 5.73 Å². The highest BCUT2D eigenvalue weighted by molar-refractivity contribution is 7.73. The molecule has 0 unspecified atom stereocenters. The Morgan fingerprint density at radius 1 is 1.50 bits per heavy atom. The first-order valence-electron chi connectivity index (χ1n) is 2.79. The largest absolute Gasteiger partial charge is 0.399 e. The molecule has 0 heterocycles. The molecule has 54 valence electrons. The Bertz CT molecular complexity index is 314. The minimum atomic E-state index is -2.11. The molecule has 1 aliphatic rings. The monoisotopic (exact) mass is 157 g/mol. The second-order valence-corrected chi connectivity index (χ2v) is 2.95. The van der Waals surface area contributed by atoms with Crippen molar-refractivity contribution in [1.82, 2.24) is 0 Å². The van der Waals surface area contributed by atoms with Crippen LogP contribution in [0.4, 0.5) is 0 Å². The topological polar surface area (TPSA) is 60.2 Å². The van der Waals surface area contributed by atoms with Crippen LogP contribution in [0, 0.1) is 0 Å². The molecule has 0 fully saturated rings. The van der Waals surface area contributed by atoms with Gasteiger partial charge in [-0.1, -0.05) is 6.08 Å². The summed E-state index contributed by atoms with van der Waals surface area (Å²) in [7, 11) is -2.11. The van der Waals surface area contributed by atoms with Crippen LogP contribution in [-0.4, -0.2) is 13.3 Å². The lowest BCUT2D eigenvalue weighted by Crippen LogP contribution is -2.04. The summed E-state index contributed by atoms with van der Waals surface area (Å²) in [4.78, 5) is 0.347. The minimum absolute atomic E-state index is 0.347. The molecule has 0 radical (unpaired) electrons. The number of allylic oxidation sites excluding steroid dienone is 3. The molecule has 1 rings (SSSR count). The van der Waals surface area contributed by atoms with Gasteiger partial charge in [-0.3, -0.25) is 0 Å². The fourth-order valence-corrected chi connectivity index (χ4v) is 1.18. The zero-order chi connectivity index (χ0) is 7.56. The molecule has 0 amide bonds. The number of rotatable bonds is 0. The van der Waals surface area contributed by atoms with Crippen LogP contribution in [0.1, 0.15) is 6.42 Å². The number of hydrogen-bond acceptors (Lipinski definition) is 3. The Balaban J connectivity index is 3.12. The van der Waals surface area contributed by atoms with Gasteiger partial charge in [0.1, 0.15) is 0 Å². The van der Waals surface area contributed by atoms with Gasteiger partial charge in [-0.25, -0.2) is 0 Å². The number of nitrogens with two attached hydrogens (primary N) is 1. The van der Waals surface area contributed by atoms with E-state index in [4.69, 9.17) is 5.73 Å². The third-order valence-corrected chi connectivity index (χ3v) is 1.88. The van der Waals surface area contributed by atoms with Crippen LogP contribution in [-0.2, 0) is 10.3 Å². The number of hydrogen-bond donors (Lipinski definition) is 1. The second-order valence-electron chi connectivity index (χ2n) is 1.95. The Morgan fingerprint density at radius 2 is 2.20 bits per heavy atom. The van der Waals surface area contributed by atoms with Crippen molar-refractivity contribution >= 4 is 15.2 Å². The molecule has 1 aliphatic carbocycles. The van der Waals surface area contributed by atoms with Gasteiger partial charge in [0.2, 0.25) is 10.3 Å². The van der Waals surface area contributed by atoms with Crippen LogP contribution in [0.25, 0.3) is 0 Å². The van der Waals surface area contributed by atoms with Crippen LogP contribution in [0.15, 0.2) is 23.9 Å². The molecule has 0 aromatic carbocycles. The average molecular weight is 157 g/mol. The summed E-state index contributed by atoms with van der Waals surface area (Å²) in [5.41, 5.74) is 5.83. The van der Waals surface area contributed by atoms with Gasteiger partial charge in [0.25, 0.3) is 0 Å². The van der Waals surface area contributed by atoms with Gasteiger partial charge in [-0.05, 0) is 12.2 Å². The quantitative estimate of drug-likeness (QED) is 0.497. The maximum Gasteiger partial charge on any atom is 0.217 e. The summed E-state index contributed by atoms with van der Waals surface area (Å²) < 4.78 is 20.7. The van der Waals surface area contributed by atoms with Crippen molar-refractivity contribution < 1.29 is 8.42 Å². The van der Waals surface area contributed by atoms with Crippen molar-refractivity contribution in [3.63, 3.8) is 0 Å². The predicted molar refractivity (Wildman–Crippen MR) is 40.0 cm³/mol. The minimum Gasteiger partial charge on any atom is -0.399 e. The molecule has 0 bridgehead atoms. The van der Waals surface area contributed by atoms with E-state index < -0.39 is 10.3 Å². The summed E-state index contributed by atoms with van der Waals surface area (Å²) in [5.74, 6) is 0. The third kappa shape index (κ3) is 1.48. The van der Waals surface area contributed by atoms with E-state index in [1.807, 2.05) is 0 Å². The van der Waals surface area contributed by atoms with E-state index in [0.29, 0.717) is 17.0 Å². The average Bonchev–Trinajstić information content (AvgIpc) is 1.88. The van der Waals surface area contributed by atoms with Gasteiger partial charge < -0.3 is 5.73 Å². The summed E-state index contributed by atoms with van der Waals surface area (Å²) in [6, 6.07) is 0. The smallest absolute Gasteiger partial charge is 0.217 e. The van der Waals surface area contributed by atoms with E-state index in [1.54, 1.807) is 12.2 Å². The van der Waals surface area contributed by atoms with Gasteiger partial charge in [0.15, 0.2) is 0 Å². The maximum atomic E-state index is 10.3. The molecule has 0 aromatic rings. The summed E-state index contributed by atoms with van der Waals surface area (Å²) in [5, 5.41) is 0. The van der Waals surface area contributed by atoms with Crippen LogP contribution in [0.5, 0.6) is 0 Å². The van der Waals surface area contributed by atoms with Crippen LogP contribution in [0.3, 0.4) is 0 Å². The lowest BCUT2D eigenvalue weighted by molar-refractivity contribution is 0.627. The van der Waals surface area contributed by atoms with E-state index >= 15 is 0 Å². The molecule has 0 spiro atoms. The first-order valence-corrected chi connectivity index (χ1v) is 3.86. The fourth-order valence-electron chi connectivity index (χ4n) is 0.720. The zero-order valence-electron chi connectivity index (χ0n) is 5.24. The molecular weight excluding hydrogens is 150 g/mol. The normalized spacial score (nSPS) is 16.8. The zero-order valence-corrected chi connectivity index (χ0v) is 6.06. The molecule has 4 heteroatoms. The molecule has 0 saturated carbocycles. The first-order chi connectivity index (χ1) is 4.70. The van der Waals surface area contributed by atoms with Gasteiger partial charge in [0, 0.05) is 12.1 Å². The van der Waals surface area contributed by atoms with Gasteiger partial charge in [-0.2, -0.15) is 8.42 Å². The summed E-state index contributed by atoms with van der Waals surface area (Å²) in [6.07, 6.45) is 5.33. The SMILES string of the molecule is NC1=CC(=S(=O)=O)CC=C1. The van der Waals surface area contributed by atoms with Crippen molar-refractivity contribution in [3.05, 3.63) is 23.9 Å². The molecule has 0 aliphatic heterocycles. The van der Waals surface area contributed by atoms with Gasteiger partial charge in [-0.15, -0.1) is 0 Å². The molecule has 2 N–H and O–H groups in total. The standard InChI is InChI=1S/C6H7NO2S/c7-5-2-1-3-6(4-5)10(8)9/h1-2,4H,3,7H2. The summed E-state index contributed by atoms with van der Waals surface area (Å²) in [6.45, 7) is 0. The van der Waals surface area contributed by atoms with Gasteiger partial charge in [0.05, 0.1) is 4.86 Å². The molecule has 0 saturated heterocycles.